The van der Waals surface area contributed by atoms with Gasteiger partial charge in [-0.3, -0.25) is 9.69 Å². The number of carbonyl (C=O) groups is 1. The van der Waals surface area contributed by atoms with E-state index < -0.39 is 10.0 Å². The first-order chi connectivity index (χ1) is 13.7. The van der Waals surface area contributed by atoms with Crippen molar-refractivity contribution >= 4 is 61.9 Å². The highest BCUT2D eigenvalue weighted by Crippen LogP contribution is 2.35. The average molecular weight is 469 g/mol. The Morgan fingerprint density at radius 1 is 1.24 bits per heavy atom. The number of halogens is 1. The first-order valence-corrected chi connectivity index (χ1v) is 11.4. The molecule has 0 unspecified atom stereocenters. The van der Waals surface area contributed by atoms with Crippen molar-refractivity contribution in [2.75, 3.05) is 14.2 Å². The normalized spacial score (nSPS) is 16.0. The molecule has 2 aromatic rings. The number of sulfonamides is 1. The van der Waals surface area contributed by atoms with Crippen molar-refractivity contribution in [1.82, 2.24) is 9.62 Å². The molecular weight excluding hydrogens is 452 g/mol. The smallest absolute Gasteiger partial charge is 0.266 e. The molecular formula is C19H17ClN2O4S3. The molecule has 6 nitrogen and oxygen atoms in total. The first kappa shape index (κ1) is 21.8. The lowest BCUT2D eigenvalue weighted by atomic mass is 10.2. The number of nitrogens with one attached hydrogen (secondary N) is 1. The number of rotatable bonds is 6. The van der Waals surface area contributed by atoms with Gasteiger partial charge in [0.15, 0.2) is 0 Å². The molecule has 1 aliphatic rings. The summed E-state index contributed by atoms with van der Waals surface area (Å²) in [6.45, 7) is 0.241. The summed E-state index contributed by atoms with van der Waals surface area (Å²) in [5.74, 6) is 0.391. The molecule has 1 saturated heterocycles. The van der Waals surface area contributed by atoms with Gasteiger partial charge in [-0.1, -0.05) is 47.7 Å². The Bertz CT molecular complexity index is 1100. The van der Waals surface area contributed by atoms with Crippen LogP contribution in [-0.2, 0) is 21.4 Å². The fraction of sp³-hybridized carbons (Fsp3) is 0.158. The summed E-state index contributed by atoms with van der Waals surface area (Å²) in [4.78, 5) is 14.9. The molecule has 2 aromatic carbocycles. The van der Waals surface area contributed by atoms with Crippen LogP contribution < -0.4 is 9.46 Å². The molecule has 0 radical (unpaired) electrons. The quantitative estimate of drug-likeness (QED) is 0.515. The van der Waals surface area contributed by atoms with Gasteiger partial charge in [0, 0.05) is 10.6 Å². The minimum absolute atomic E-state index is 0.151. The van der Waals surface area contributed by atoms with E-state index in [4.69, 9.17) is 28.6 Å². The van der Waals surface area contributed by atoms with Crippen molar-refractivity contribution in [2.24, 2.45) is 0 Å². The maximum atomic E-state index is 12.9. The van der Waals surface area contributed by atoms with Crippen LogP contribution in [-0.4, -0.2) is 37.7 Å². The highest BCUT2D eigenvalue weighted by molar-refractivity contribution is 8.26. The Morgan fingerprint density at radius 2 is 1.93 bits per heavy atom. The molecule has 1 amide bonds. The van der Waals surface area contributed by atoms with Crippen LogP contribution in [0.1, 0.15) is 11.1 Å². The van der Waals surface area contributed by atoms with Gasteiger partial charge in [-0.15, -0.1) is 0 Å². The number of nitrogens with zero attached hydrogens (tertiary/aromatic N) is 1. The summed E-state index contributed by atoms with van der Waals surface area (Å²) < 4.78 is 31.7. The summed E-state index contributed by atoms with van der Waals surface area (Å²) in [7, 11) is -0.609. The Morgan fingerprint density at radius 3 is 2.55 bits per heavy atom. The lowest BCUT2D eigenvalue weighted by molar-refractivity contribution is -0.122. The highest BCUT2D eigenvalue weighted by atomic mass is 35.5. The number of hydrogen-bond acceptors (Lipinski definition) is 6. The van der Waals surface area contributed by atoms with Gasteiger partial charge in [0.25, 0.3) is 5.91 Å². The molecule has 152 valence electrons. The number of amides is 1. The van der Waals surface area contributed by atoms with E-state index in [2.05, 4.69) is 4.72 Å². The fourth-order valence-electron chi connectivity index (χ4n) is 2.69. The zero-order valence-corrected chi connectivity index (χ0v) is 18.7. The second-order valence-corrected chi connectivity index (χ2v) is 10.00. The lowest BCUT2D eigenvalue weighted by Gasteiger charge is -2.17. The number of benzene rings is 2. The topological polar surface area (TPSA) is 75.7 Å². The molecule has 1 heterocycles. The van der Waals surface area contributed by atoms with Crippen LogP contribution in [0.5, 0.6) is 5.75 Å². The third-order valence-corrected chi connectivity index (χ3v) is 7.24. The maximum Gasteiger partial charge on any atom is 0.266 e. The molecule has 29 heavy (non-hydrogen) atoms. The molecule has 0 aromatic heterocycles. The molecule has 0 saturated carbocycles. The third-order valence-electron chi connectivity index (χ3n) is 4.20. The molecule has 0 spiro atoms. The predicted octanol–water partition coefficient (Wildman–Crippen LogP) is 3.66. The van der Waals surface area contributed by atoms with Crippen molar-refractivity contribution < 1.29 is 17.9 Å². The Labute approximate surface area is 183 Å². The van der Waals surface area contributed by atoms with E-state index in [0.717, 1.165) is 5.56 Å². The molecule has 1 fully saturated rings. The molecule has 10 heteroatoms. The third kappa shape index (κ3) is 4.81. The monoisotopic (exact) mass is 468 g/mol. The van der Waals surface area contributed by atoms with Gasteiger partial charge in [0.2, 0.25) is 10.0 Å². The predicted molar refractivity (Wildman–Crippen MR) is 119 cm³/mol. The first-order valence-electron chi connectivity index (χ1n) is 8.36. The maximum absolute atomic E-state index is 12.9. The molecule has 0 atom stereocenters. The van der Waals surface area contributed by atoms with E-state index >= 15 is 0 Å². The average Bonchev–Trinajstić information content (AvgIpc) is 2.96. The van der Waals surface area contributed by atoms with Gasteiger partial charge < -0.3 is 4.74 Å². The van der Waals surface area contributed by atoms with Crippen LogP contribution in [0.4, 0.5) is 0 Å². The highest BCUT2D eigenvalue weighted by Gasteiger charge is 2.32. The Balaban J connectivity index is 1.83. The zero-order valence-electron chi connectivity index (χ0n) is 15.5. The number of thiocarbonyl (C=S) groups is 1. The second kappa shape index (κ2) is 8.85. The van der Waals surface area contributed by atoms with E-state index in [1.54, 1.807) is 43.5 Å². The van der Waals surface area contributed by atoms with Gasteiger partial charge in [-0.2, -0.15) is 0 Å². The molecule has 3 rings (SSSR count). The molecule has 1 N–H and O–H groups in total. The van der Waals surface area contributed by atoms with Gasteiger partial charge >= 0.3 is 0 Å². The van der Waals surface area contributed by atoms with Gasteiger partial charge in [-0.05, 0) is 49.0 Å². The van der Waals surface area contributed by atoms with Crippen molar-refractivity contribution in [2.45, 2.75) is 11.4 Å². The van der Waals surface area contributed by atoms with E-state index in [1.807, 2.05) is 0 Å². The van der Waals surface area contributed by atoms with Crippen LogP contribution >= 0.6 is 35.6 Å². The van der Waals surface area contributed by atoms with Crippen molar-refractivity contribution in [3.63, 3.8) is 0 Å². The summed E-state index contributed by atoms with van der Waals surface area (Å²) in [5.41, 5.74) is 1.44. The Kier molecular flexibility index (Phi) is 6.65. The number of carbonyl (C=O) groups excluding carboxylic acids is 1. The zero-order chi connectivity index (χ0) is 21.2. The van der Waals surface area contributed by atoms with E-state index in [0.29, 0.717) is 25.6 Å². The largest absolute Gasteiger partial charge is 0.496 e. The van der Waals surface area contributed by atoms with Crippen molar-refractivity contribution in [3.05, 3.63) is 63.5 Å². The standard InChI is InChI=1S/C19H17ClN2O4S3/c1-21-29(24,25)15-6-3-12(4-7-15)9-17-18(23)22(19(27)28-17)11-13-10-14(20)5-8-16(13)26-2/h3-10,21H,11H2,1-2H3/b17-9-. The summed E-state index contributed by atoms with van der Waals surface area (Å²) >= 11 is 12.6. The minimum atomic E-state index is -3.51. The molecule has 1 aliphatic heterocycles. The minimum Gasteiger partial charge on any atom is -0.496 e. The summed E-state index contributed by atoms with van der Waals surface area (Å²) in [5, 5.41) is 0.540. The molecule has 0 aliphatic carbocycles. The van der Waals surface area contributed by atoms with Gasteiger partial charge in [0.1, 0.15) is 10.1 Å². The lowest BCUT2D eigenvalue weighted by Crippen LogP contribution is -2.27. The van der Waals surface area contributed by atoms with Crippen LogP contribution in [0.15, 0.2) is 52.3 Å². The number of hydrogen-bond donors (Lipinski definition) is 1. The van der Waals surface area contributed by atoms with E-state index in [9.17, 15) is 13.2 Å². The van der Waals surface area contributed by atoms with Crippen LogP contribution in [0.25, 0.3) is 6.08 Å². The number of ether oxygens (including phenoxy) is 1. The SMILES string of the molecule is CNS(=O)(=O)c1ccc(/C=C2\SC(=S)N(Cc3cc(Cl)ccc3OC)C2=O)cc1. The van der Waals surface area contributed by atoms with Gasteiger partial charge in [0.05, 0.1) is 23.5 Å². The van der Waals surface area contributed by atoms with Crippen molar-refractivity contribution in [1.29, 1.82) is 0 Å². The van der Waals surface area contributed by atoms with E-state index in [-0.39, 0.29) is 17.3 Å². The Hall–Kier alpha value is -1.91. The number of thioether (sulfide) groups is 1. The number of methoxy groups -OCH3 is 1. The molecule has 0 bridgehead atoms. The van der Waals surface area contributed by atoms with Crippen LogP contribution in [0.2, 0.25) is 5.02 Å². The van der Waals surface area contributed by atoms with Crippen LogP contribution in [0, 0.1) is 0 Å². The van der Waals surface area contributed by atoms with Gasteiger partial charge in [-0.25, -0.2) is 13.1 Å². The van der Waals surface area contributed by atoms with E-state index in [1.165, 1.54) is 35.8 Å². The summed E-state index contributed by atoms with van der Waals surface area (Å²) in [6.07, 6.45) is 1.68. The fourth-order valence-corrected chi connectivity index (χ4v) is 4.87. The second-order valence-electron chi connectivity index (χ2n) is 6.00. The van der Waals surface area contributed by atoms with Crippen LogP contribution in [0.3, 0.4) is 0 Å². The summed E-state index contributed by atoms with van der Waals surface area (Å²) in [6, 6.07) is 11.4. The van der Waals surface area contributed by atoms with Crippen molar-refractivity contribution in [3.8, 4) is 5.75 Å².